The Balaban J connectivity index is 2.16. The lowest BCUT2D eigenvalue weighted by Crippen LogP contribution is -2.08. The summed E-state index contributed by atoms with van der Waals surface area (Å²) in [5.41, 5.74) is 5.35. The zero-order chi connectivity index (χ0) is 13.1. The minimum Gasteiger partial charge on any atom is -0.368 e. The molecule has 0 amide bonds. The number of nitrogens with one attached hydrogen (secondary N) is 1. The first-order valence-corrected chi connectivity index (χ1v) is 5.02. The van der Waals surface area contributed by atoms with Gasteiger partial charge in [0.2, 0.25) is 5.95 Å². The van der Waals surface area contributed by atoms with Crippen molar-refractivity contribution in [2.24, 2.45) is 0 Å². The molecule has 18 heavy (non-hydrogen) atoms. The van der Waals surface area contributed by atoms with E-state index in [0.717, 1.165) is 24.4 Å². The zero-order valence-corrected chi connectivity index (χ0v) is 9.12. The Morgan fingerprint density at radius 3 is 2.72 bits per heavy atom. The standard InChI is InChI=1S/C11H9F3N4/c12-7-1-2-8(13)6(3-7)4-16-10-9(14)5-17-11(15)18-10/h1-3,5H,4H2,(H3,15,16,17,18). The monoisotopic (exact) mass is 254 g/mol. The van der Waals surface area contributed by atoms with Crippen LogP contribution >= 0.6 is 0 Å². The van der Waals surface area contributed by atoms with Crippen LogP contribution in [0.4, 0.5) is 24.9 Å². The molecule has 1 heterocycles. The lowest BCUT2D eigenvalue weighted by molar-refractivity contribution is 0.586. The number of nitrogens with two attached hydrogens (primary N) is 1. The summed E-state index contributed by atoms with van der Waals surface area (Å²) in [5.74, 6) is -2.16. The van der Waals surface area contributed by atoms with E-state index < -0.39 is 17.5 Å². The minimum atomic E-state index is -0.721. The van der Waals surface area contributed by atoms with Crippen molar-refractivity contribution >= 4 is 11.8 Å². The van der Waals surface area contributed by atoms with E-state index in [1.807, 2.05) is 0 Å². The Morgan fingerprint density at radius 1 is 1.17 bits per heavy atom. The van der Waals surface area contributed by atoms with Crippen LogP contribution in [0.15, 0.2) is 24.4 Å². The summed E-state index contributed by atoms with van der Waals surface area (Å²) in [6.07, 6.45) is 0.895. The number of hydrogen-bond donors (Lipinski definition) is 2. The van der Waals surface area contributed by atoms with Gasteiger partial charge in [0, 0.05) is 12.1 Å². The quantitative estimate of drug-likeness (QED) is 0.880. The first-order valence-electron chi connectivity index (χ1n) is 5.02. The number of nitrogen functional groups attached to an aromatic ring is 1. The molecular formula is C11H9F3N4. The number of aromatic nitrogens is 2. The van der Waals surface area contributed by atoms with Crippen LogP contribution < -0.4 is 11.1 Å². The number of nitrogens with zero attached hydrogens (tertiary/aromatic N) is 2. The van der Waals surface area contributed by atoms with Crippen molar-refractivity contribution in [2.45, 2.75) is 6.54 Å². The number of benzene rings is 1. The van der Waals surface area contributed by atoms with E-state index in [1.54, 1.807) is 0 Å². The van der Waals surface area contributed by atoms with Gasteiger partial charge in [-0.15, -0.1) is 0 Å². The number of hydrogen-bond acceptors (Lipinski definition) is 4. The fraction of sp³-hybridized carbons (Fsp3) is 0.0909. The molecule has 0 saturated carbocycles. The molecule has 3 N–H and O–H groups in total. The molecule has 1 aromatic carbocycles. The van der Waals surface area contributed by atoms with Gasteiger partial charge in [-0.25, -0.2) is 18.2 Å². The normalized spacial score (nSPS) is 10.4. The summed E-state index contributed by atoms with van der Waals surface area (Å²) in [4.78, 5) is 7.05. The molecule has 0 fully saturated rings. The number of anilines is 2. The van der Waals surface area contributed by atoms with Gasteiger partial charge in [0.15, 0.2) is 11.6 Å². The molecule has 2 rings (SSSR count). The van der Waals surface area contributed by atoms with E-state index in [0.29, 0.717) is 0 Å². The van der Waals surface area contributed by atoms with Gasteiger partial charge in [-0.3, -0.25) is 0 Å². The summed E-state index contributed by atoms with van der Waals surface area (Å²) in [6, 6.07) is 3.02. The summed E-state index contributed by atoms with van der Waals surface area (Å²) in [7, 11) is 0. The Labute approximate surface area is 101 Å². The second-order valence-corrected chi connectivity index (χ2v) is 3.51. The average molecular weight is 254 g/mol. The Kier molecular flexibility index (Phi) is 3.31. The summed E-state index contributed by atoms with van der Waals surface area (Å²) >= 11 is 0. The van der Waals surface area contributed by atoms with Gasteiger partial charge >= 0.3 is 0 Å². The predicted molar refractivity (Wildman–Crippen MR) is 60.1 cm³/mol. The third kappa shape index (κ3) is 2.68. The van der Waals surface area contributed by atoms with Crippen molar-refractivity contribution in [1.29, 1.82) is 0 Å². The molecule has 7 heteroatoms. The van der Waals surface area contributed by atoms with Gasteiger partial charge in [-0.2, -0.15) is 4.98 Å². The van der Waals surface area contributed by atoms with E-state index >= 15 is 0 Å². The maximum absolute atomic E-state index is 13.3. The van der Waals surface area contributed by atoms with Crippen molar-refractivity contribution in [1.82, 2.24) is 9.97 Å². The van der Waals surface area contributed by atoms with E-state index in [9.17, 15) is 13.2 Å². The van der Waals surface area contributed by atoms with Gasteiger partial charge in [0.25, 0.3) is 0 Å². The van der Waals surface area contributed by atoms with Crippen molar-refractivity contribution in [3.63, 3.8) is 0 Å². The molecule has 0 bridgehead atoms. The predicted octanol–water partition coefficient (Wildman–Crippen LogP) is 2.09. The molecule has 0 atom stereocenters. The highest BCUT2D eigenvalue weighted by molar-refractivity contribution is 5.40. The molecule has 0 aliphatic heterocycles. The lowest BCUT2D eigenvalue weighted by Gasteiger charge is -2.07. The largest absolute Gasteiger partial charge is 0.368 e. The second-order valence-electron chi connectivity index (χ2n) is 3.51. The van der Waals surface area contributed by atoms with Crippen LogP contribution in [0.1, 0.15) is 5.56 Å². The minimum absolute atomic E-state index is 0.0617. The average Bonchev–Trinajstić information content (AvgIpc) is 2.34. The van der Waals surface area contributed by atoms with Crippen LogP contribution in [-0.4, -0.2) is 9.97 Å². The smallest absolute Gasteiger partial charge is 0.222 e. The van der Waals surface area contributed by atoms with E-state index in [-0.39, 0.29) is 23.9 Å². The van der Waals surface area contributed by atoms with Crippen LogP contribution in [0.3, 0.4) is 0 Å². The van der Waals surface area contributed by atoms with Gasteiger partial charge in [-0.1, -0.05) is 0 Å². The van der Waals surface area contributed by atoms with Crippen LogP contribution in [0.25, 0.3) is 0 Å². The molecule has 94 valence electrons. The molecule has 4 nitrogen and oxygen atoms in total. The van der Waals surface area contributed by atoms with Gasteiger partial charge in [-0.05, 0) is 18.2 Å². The molecule has 0 saturated heterocycles. The van der Waals surface area contributed by atoms with Crippen LogP contribution in [-0.2, 0) is 6.54 Å². The molecule has 0 spiro atoms. The zero-order valence-electron chi connectivity index (χ0n) is 9.12. The van der Waals surface area contributed by atoms with E-state index in [4.69, 9.17) is 5.73 Å². The summed E-state index contributed by atoms with van der Waals surface area (Å²) in [6.45, 7) is -0.114. The maximum Gasteiger partial charge on any atom is 0.222 e. The summed E-state index contributed by atoms with van der Waals surface area (Å²) in [5, 5.41) is 2.53. The molecule has 0 unspecified atom stereocenters. The molecular weight excluding hydrogens is 245 g/mol. The van der Waals surface area contributed by atoms with Gasteiger partial charge < -0.3 is 11.1 Å². The first-order chi connectivity index (χ1) is 8.56. The highest BCUT2D eigenvalue weighted by Gasteiger charge is 2.08. The second kappa shape index (κ2) is 4.91. The Hall–Kier alpha value is -2.31. The topological polar surface area (TPSA) is 63.8 Å². The maximum atomic E-state index is 13.3. The molecule has 0 aliphatic rings. The number of halogens is 3. The van der Waals surface area contributed by atoms with Crippen LogP contribution in [0.5, 0.6) is 0 Å². The van der Waals surface area contributed by atoms with Crippen LogP contribution in [0, 0.1) is 17.5 Å². The Bertz CT molecular complexity index is 523. The molecule has 0 aliphatic carbocycles. The highest BCUT2D eigenvalue weighted by Crippen LogP contribution is 2.14. The van der Waals surface area contributed by atoms with Gasteiger partial charge in [0.1, 0.15) is 11.6 Å². The first kappa shape index (κ1) is 12.2. The SMILES string of the molecule is Nc1ncc(F)c(NCc2cc(F)ccc2F)n1. The third-order valence-electron chi connectivity index (χ3n) is 2.22. The molecule has 2 aromatic rings. The van der Waals surface area contributed by atoms with Crippen molar-refractivity contribution in [3.05, 3.63) is 47.4 Å². The van der Waals surface area contributed by atoms with Crippen LogP contribution in [0.2, 0.25) is 0 Å². The van der Waals surface area contributed by atoms with Crippen molar-refractivity contribution < 1.29 is 13.2 Å². The lowest BCUT2D eigenvalue weighted by atomic mass is 10.2. The fourth-order valence-corrected chi connectivity index (χ4v) is 1.36. The van der Waals surface area contributed by atoms with E-state index in [2.05, 4.69) is 15.3 Å². The van der Waals surface area contributed by atoms with Crippen molar-refractivity contribution in [2.75, 3.05) is 11.1 Å². The molecule has 0 radical (unpaired) electrons. The fourth-order valence-electron chi connectivity index (χ4n) is 1.36. The number of rotatable bonds is 3. The Morgan fingerprint density at radius 2 is 1.94 bits per heavy atom. The van der Waals surface area contributed by atoms with Crippen molar-refractivity contribution in [3.8, 4) is 0 Å². The molecule has 1 aromatic heterocycles. The highest BCUT2D eigenvalue weighted by atomic mass is 19.1. The third-order valence-corrected chi connectivity index (χ3v) is 2.22. The van der Waals surface area contributed by atoms with Gasteiger partial charge in [0.05, 0.1) is 6.20 Å². The summed E-state index contributed by atoms with van der Waals surface area (Å²) < 4.78 is 39.4. The van der Waals surface area contributed by atoms with E-state index in [1.165, 1.54) is 0 Å².